The Morgan fingerprint density at radius 1 is 1.10 bits per heavy atom. The molecular weight excluding hydrogens is 397 g/mol. The van der Waals surface area contributed by atoms with Gasteiger partial charge in [0, 0.05) is 6.54 Å². The molecule has 1 aromatic heterocycles. The number of nitrogens with zero attached hydrogens (tertiary/aromatic N) is 3. The number of fused-ring (bicyclic) bond motifs is 3. The van der Waals surface area contributed by atoms with Crippen LogP contribution < -0.4 is 4.90 Å². The summed E-state index contributed by atoms with van der Waals surface area (Å²) in [5.41, 5.74) is 2.21. The number of imidazole rings is 1. The number of carbonyl (C=O) groups is 2. The van der Waals surface area contributed by atoms with Crippen molar-refractivity contribution in [1.29, 1.82) is 0 Å². The first-order valence-corrected chi connectivity index (χ1v) is 10.8. The fourth-order valence-corrected chi connectivity index (χ4v) is 4.24. The average molecular weight is 423 g/mol. The fraction of sp³-hybridized carbons (Fsp3) is 0.375. The lowest BCUT2D eigenvalue weighted by atomic mass is 9.89. The summed E-state index contributed by atoms with van der Waals surface area (Å²) in [4.78, 5) is 33.0. The molecule has 0 fully saturated rings. The number of esters is 1. The lowest BCUT2D eigenvalue weighted by Gasteiger charge is -2.38. The van der Waals surface area contributed by atoms with Crippen LogP contribution in [0.5, 0.6) is 0 Å². The van der Waals surface area contributed by atoms with Gasteiger partial charge in [-0.25, -0.2) is 9.37 Å². The molecule has 4 rings (SSSR count). The van der Waals surface area contributed by atoms with Crippen LogP contribution in [0, 0.1) is 11.7 Å². The maximum Gasteiger partial charge on any atom is 0.321 e. The van der Waals surface area contributed by atoms with Gasteiger partial charge >= 0.3 is 5.97 Å². The summed E-state index contributed by atoms with van der Waals surface area (Å²) in [5.74, 6) is -1.85. The lowest BCUT2D eigenvalue weighted by Crippen LogP contribution is -2.50. The molecule has 0 N–H and O–H groups in total. The van der Waals surface area contributed by atoms with E-state index in [0.29, 0.717) is 18.1 Å². The highest BCUT2D eigenvalue weighted by atomic mass is 19.1. The Hall–Kier alpha value is -3.22. The zero-order valence-electron chi connectivity index (χ0n) is 17.8. The summed E-state index contributed by atoms with van der Waals surface area (Å²) in [6.07, 6.45) is 2.79. The van der Waals surface area contributed by atoms with Gasteiger partial charge < -0.3 is 9.30 Å². The van der Waals surface area contributed by atoms with Crippen molar-refractivity contribution in [2.24, 2.45) is 5.92 Å². The van der Waals surface area contributed by atoms with Crippen molar-refractivity contribution in [2.75, 3.05) is 18.1 Å². The van der Waals surface area contributed by atoms with E-state index in [0.717, 1.165) is 30.3 Å². The molecule has 1 aliphatic rings. The van der Waals surface area contributed by atoms with Crippen molar-refractivity contribution in [2.45, 2.75) is 39.2 Å². The molecule has 2 heterocycles. The number of hydrogen-bond acceptors (Lipinski definition) is 4. The molecule has 2 aromatic carbocycles. The number of para-hydroxylation sites is 2. The second kappa shape index (κ2) is 8.88. The highest BCUT2D eigenvalue weighted by Gasteiger charge is 2.47. The van der Waals surface area contributed by atoms with E-state index in [-0.39, 0.29) is 18.3 Å². The number of carbonyl (C=O) groups excluding carboxylic acids is 2. The Kier molecular flexibility index (Phi) is 6.02. The van der Waals surface area contributed by atoms with Crippen LogP contribution in [0.4, 0.5) is 10.3 Å². The standard InChI is InChI=1S/C24H26FN3O3/c1-3-5-8-15-27-22(29)20(23(30)31-4-2)21(16-11-13-17(25)14-12-16)28-19-10-7-6-9-18(19)26-24(27)28/h6-7,9-14,20-21H,3-5,8,15H2,1-2H3/t20-,21+/m1/s1. The van der Waals surface area contributed by atoms with Gasteiger partial charge in [-0.2, -0.15) is 0 Å². The number of ether oxygens (including phenoxy) is 1. The number of anilines is 1. The first-order valence-electron chi connectivity index (χ1n) is 10.8. The summed E-state index contributed by atoms with van der Waals surface area (Å²) in [5, 5.41) is 0. The van der Waals surface area contributed by atoms with E-state index in [1.165, 1.54) is 12.1 Å². The van der Waals surface area contributed by atoms with Crippen LogP contribution in [-0.2, 0) is 14.3 Å². The maximum atomic E-state index is 13.6. The third-order valence-electron chi connectivity index (χ3n) is 5.68. The molecule has 0 spiro atoms. The Labute approximate surface area is 180 Å². The van der Waals surface area contributed by atoms with Crippen LogP contribution in [-0.4, -0.2) is 34.6 Å². The Morgan fingerprint density at radius 2 is 1.84 bits per heavy atom. The summed E-state index contributed by atoms with van der Waals surface area (Å²) in [6, 6.07) is 12.8. The highest BCUT2D eigenvalue weighted by Crippen LogP contribution is 2.41. The van der Waals surface area contributed by atoms with Crippen molar-refractivity contribution < 1.29 is 18.7 Å². The average Bonchev–Trinajstić information content (AvgIpc) is 3.15. The third-order valence-corrected chi connectivity index (χ3v) is 5.68. The Morgan fingerprint density at radius 3 is 2.55 bits per heavy atom. The van der Waals surface area contributed by atoms with Crippen LogP contribution >= 0.6 is 0 Å². The van der Waals surface area contributed by atoms with Crippen LogP contribution in [0.2, 0.25) is 0 Å². The normalized spacial score (nSPS) is 18.3. The number of unbranched alkanes of at least 4 members (excludes halogenated alkanes) is 2. The second-order valence-electron chi connectivity index (χ2n) is 7.69. The Bertz CT molecular complexity index is 1090. The quantitative estimate of drug-likeness (QED) is 0.319. The maximum absolute atomic E-state index is 13.6. The molecule has 3 aromatic rings. The highest BCUT2D eigenvalue weighted by molar-refractivity contribution is 6.08. The predicted molar refractivity (Wildman–Crippen MR) is 116 cm³/mol. The molecule has 0 radical (unpaired) electrons. The molecule has 2 atom stereocenters. The molecule has 0 saturated carbocycles. The van der Waals surface area contributed by atoms with Crippen LogP contribution in [0.3, 0.4) is 0 Å². The first-order chi connectivity index (χ1) is 15.1. The predicted octanol–water partition coefficient (Wildman–Crippen LogP) is 4.48. The van der Waals surface area contributed by atoms with Crippen molar-refractivity contribution in [3.8, 4) is 0 Å². The lowest BCUT2D eigenvalue weighted by molar-refractivity contribution is -0.153. The molecule has 31 heavy (non-hydrogen) atoms. The van der Waals surface area contributed by atoms with Gasteiger partial charge in [0.2, 0.25) is 11.9 Å². The second-order valence-corrected chi connectivity index (χ2v) is 7.69. The molecule has 1 amide bonds. The van der Waals surface area contributed by atoms with E-state index < -0.39 is 17.9 Å². The molecule has 1 aliphatic heterocycles. The summed E-state index contributed by atoms with van der Waals surface area (Å²) < 4.78 is 20.9. The molecular formula is C24H26FN3O3. The summed E-state index contributed by atoms with van der Waals surface area (Å²) in [6.45, 7) is 4.46. The number of rotatable bonds is 7. The molecule has 0 aliphatic carbocycles. The van der Waals surface area contributed by atoms with E-state index in [4.69, 9.17) is 9.72 Å². The monoisotopic (exact) mass is 423 g/mol. The molecule has 0 bridgehead atoms. The van der Waals surface area contributed by atoms with Crippen molar-refractivity contribution in [3.63, 3.8) is 0 Å². The van der Waals surface area contributed by atoms with Gasteiger partial charge in [-0.15, -0.1) is 0 Å². The van der Waals surface area contributed by atoms with E-state index >= 15 is 0 Å². The number of aromatic nitrogens is 2. The van der Waals surface area contributed by atoms with Gasteiger partial charge in [-0.3, -0.25) is 14.5 Å². The topological polar surface area (TPSA) is 64.4 Å². The minimum absolute atomic E-state index is 0.173. The van der Waals surface area contributed by atoms with Crippen LogP contribution in [0.15, 0.2) is 48.5 Å². The Balaban J connectivity index is 1.93. The molecule has 162 valence electrons. The molecule has 0 unspecified atom stereocenters. The summed E-state index contributed by atoms with van der Waals surface area (Å²) in [7, 11) is 0. The minimum Gasteiger partial charge on any atom is -0.465 e. The smallest absolute Gasteiger partial charge is 0.321 e. The summed E-state index contributed by atoms with van der Waals surface area (Å²) >= 11 is 0. The van der Waals surface area contributed by atoms with E-state index in [1.54, 1.807) is 24.0 Å². The van der Waals surface area contributed by atoms with Gasteiger partial charge in [0.05, 0.1) is 23.7 Å². The first kappa shape index (κ1) is 21.0. The van der Waals surface area contributed by atoms with Gasteiger partial charge in [0.15, 0.2) is 5.92 Å². The van der Waals surface area contributed by atoms with Crippen LogP contribution in [0.1, 0.15) is 44.7 Å². The zero-order chi connectivity index (χ0) is 22.0. The van der Waals surface area contributed by atoms with Gasteiger partial charge in [0.25, 0.3) is 0 Å². The number of amides is 1. The SMILES string of the molecule is CCCCCN1C(=O)[C@H](C(=O)OCC)[C@H](c2ccc(F)cc2)n2c1nc1ccccc12. The third kappa shape index (κ3) is 3.80. The van der Waals surface area contributed by atoms with Gasteiger partial charge in [0.1, 0.15) is 5.82 Å². The fourth-order valence-electron chi connectivity index (χ4n) is 4.24. The van der Waals surface area contributed by atoms with E-state index in [9.17, 15) is 14.0 Å². The minimum atomic E-state index is -1.07. The zero-order valence-corrected chi connectivity index (χ0v) is 17.8. The van der Waals surface area contributed by atoms with E-state index in [2.05, 4.69) is 6.92 Å². The van der Waals surface area contributed by atoms with Crippen molar-refractivity contribution in [3.05, 3.63) is 59.9 Å². The number of benzene rings is 2. The van der Waals surface area contributed by atoms with Gasteiger partial charge in [-0.05, 0) is 43.2 Å². The van der Waals surface area contributed by atoms with Gasteiger partial charge in [-0.1, -0.05) is 44.0 Å². The van der Waals surface area contributed by atoms with Crippen molar-refractivity contribution >= 4 is 28.9 Å². The van der Waals surface area contributed by atoms with Crippen LogP contribution in [0.25, 0.3) is 11.0 Å². The number of halogens is 1. The largest absolute Gasteiger partial charge is 0.465 e. The number of hydrogen-bond donors (Lipinski definition) is 0. The molecule has 6 nitrogen and oxygen atoms in total. The van der Waals surface area contributed by atoms with E-state index in [1.807, 2.05) is 28.8 Å². The molecule has 0 saturated heterocycles. The van der Waals surface area contributed by atoms with Crippen molar-refractivity contribution in [1.82, 2.24) is 9.55 Å². The molecule has 7 heteroatoms.